The molecule has 0 aliphatic rings. The third-order valence-corrected chi connectivity index (χ3v) is 2.73. The minimum atomic E-state index is -0.425. The van der Waals surface area contributed by atoms with E-state index in [2.05, 4.69) is 5.32 Å². The molecule has 0 aliphatic heterocycles. The van der Waals surface area contributed by atoms with E-state index >= 15 is 0 Å². The molecule has 16 heavy (non-hydrogen) atoms. The van der Waals surface area contributed by atoms with E-state index in [0.29, 0.717) is 0 Å². The molecule has 0 rings (SSSR count). The van der Waals surface area contributed by atoms with Gasteiger partial charge in [0.2, 0.25) is 11.8 Å². The molecule has 0 saturated carbocycles. The van der Waals surface area contributed by atoms with Crippen LogP contribution in [-0.4, -0.2) is 31.1 Å². The van der Waals surface area contributed by atoms with E-state index in [9.17, 15) is 9.59 Å². The first kappa shape index (κ1) is 14.9. The predicted molar refractivity (Wildman–Crippen MR) is 61.7 cm³/mol. The number of hydrogen-bond donors (Lipinski definition) is 2. The van der Waals surface area contributed by atoms with E-state index in [-0.39, 0.29) is 30.4 Å². The second kappa shape index (κ2) is 7.22. The van der Waals surface area contributed by atoms with E-state index in [4.69, 9.17) is 10.5 Å². The quantitative estimate of drug-likeness (QED) is 0.665. The fourth-order valence-electron chi connectivity index (χ4n) is 1.65. The Morgan fingerprint density at radius 3 is 2.31 bits per heavy atom. The molecule has 0 aromatic carbocycles. The molecule has 0 heterocycles. The molecule has 0 fully saturated rings. The first-order valence-electron chi connectivity index (χ1n) is 5.50. The number of nitrogens with two attached hydrogens (primary N) is 1. The lowest BCUT2D eigenvalue weighted by Crippen LogP contribution is -2.48. The van der Waals surface area contributed by atoms with E-state index in [1.807, 2.05) is 13.8 Å². The Bertz CT molecular complexity index is 243. The summed E-state index contributed by atoms with van der Waals surface area (Å²) in [5.41, 5.74) is 5.15. The molecule has 5 heteroatoms. The van der Waals surface area contributed by atoms with Gasteiger partial charge in [-0.05, 0) is 5.92 Å². The summed E-state index contributed by atoms with van der Waals surface area (Å²) in [5, 5.41) is 2.82. The van der Waals surface area contributed by atoms with Crippen LogP contribution < -0.4 is 11.1 Å². The predicted octanol–water partition coefficient (Wildman–Crippen LogP) is 0.428. The summed E-state index contributed by atoms with van der Waals surface area (Å²) >= 11 is 0. The normalized spacial score (nSPS) is 16.2. The summed E-state index contributed by atoms with van der Waals surface area (Å²) in [6.45, 7) is 5.48. The summed E-state index contributed by atoms with van der Waals surface area (Å²) in [7, 11) is 1.52. The van der Waals surface area contributed by atoms with Gasteiger partial charge in [0.05, 0.1) is 18.6 Å². The lowest BCUT2D eigenvalue weighted by Gasteiger charge is -2.30. The summed E-state index contributed by atoms with van der Waals surface area (Å²) < 4.78 is 5.23. The molecular formula is C11H22N2O3. The van der Waals surface area contributed by atoms with Crippen molar-refractivity contribution in [1.29, 1.82) is 0 Å². The van der Waals surface area contributed by atoms with Gasteiger partial charge in [-0.15, -0.1) is 0 Å². The lowest BCUT2D eigenvalue weighted by molar-refractivity contribution is -0.125. The monoisotopic (exact) mass is 230 g/mol. The van der Waals surface area contributed by atoms with Crippen LogP contribution in [0.5, 0.6) is 0 Å². The van der Waals surface area contributed by atoms with Crippen LogP contribution in [0.25, 0.3) is 0 Å². The van der Waals surface area contributed by atoms with Crippen LogP contribution in [0.3, 0.4) is 0 Å². The van der Waals surface area contributed by atoms with Crippen LogP contribution >= 0.6 is 0 Å². The van der Waals surface area contributed by atoms with Gasteiger partial charge in [0.25, 0.3) is 0 Å². The Balaban J connectivity index is 4.67. The standard InChI is InChI=1S/C11H22N2O3/c1-5-7(2)11(13-8(3)14)9(16-4)6-10(12)15/h7,9,11H,5-6H2,1-4H3,(H2,12,15)(H,13,14)/t7-,9+,11?/m0/s1. The maximum absolute atomic E-state index is 11.1. The number of ether oxygens (including phenoxy) is 1. The van der Waals surface area contributed by atoms with Crippen molar-refractivity contribution in [2.75, 3.05) is 7.11 Å². The molecule has 0 saturated heterocycles. The second-order valence-electron chi connectivity index (χ2n) is 4.06. The van der Waals surface area contributed by atoms with Gasteiger partial charge in [0, 0.05) is 14.0 Å². The first-order valence-corrected chi connectivity index (χ1v) is 5.50. The molecule has 0 aromatic rings. The van der Waals surface area contributed by atoms with Crippen molar-refractivity contribution in [2.45, 2.75) is 45.8 Å². The average Bonchev–Trinajstić information content (AvgIpc) is 2.21. The highest BCUT2D eigenvalue weighted by Gasteiger charge is 2.27. The van der Waals surface area contributed by atoms with Gasteiger partial charge >= 0.3 is 0 Å². The summed E-state index contributed by atoms with van der Waals surface area (Å²) in [6, 6.07) is -0.181. The largest absolute Gasteiger partial charge is 0.379 e. The number of amides is 2. The van der Waals surface area contributed by atoms with E-state index in [0.717, 1.165) is 6.42 Å². The highest BCUT2D eigenvalue weighted by Crippen LogP contribution is 2.16. The third-order valence-electron chi connectivity index (χ3n) is 2.73. The van der Waals surface area contributed by atoms with E-state index in [1.54, 1.807) is 0 Å². The van der Waals surface area contributed by atoms with Crippen molar-refractivity contribution in [1.82, 2.24) is 5.32 Å². The van der Waals surface area contributed by atoms with E-state index < -0.39 is 5.91 Å². The smallest absolute Gasteiger partial charge is 0.220 e. The molecule has 0 spiro atoms. The Morgan fingerprint density at radius 1 is 1.44 bits per heavy atom. The van der Waals surface area contributed by atoms with Gasteiger partial charge < -0.3 is 15.8 Å². The number of carbonyl (C=O) groups is 2. The van der Waals surface area contributed by atoms with E-state index in [1.165, 1.54) is 14.0 Å². The van der Waals surface area contributed by atoms with Gasteiger partial charge in [-0.1, -0.05) is 20.3 Å². The fraction of sp³-hybridized carbons (Fsp3) is 0.818. The second-order valence-corrected chi connectivity index (χ2v) is 4.06. The number of nitrogens with one attached hydrogen (secondary N) is 1. The molecule has 0 radical (unpaired) electrons. The minimum absolute atomic E-state index is 0.117. The molecule has 3 atom stereocenters. The van der Waals surface area contributed by atoms with Gasteiger partial charge in [-0.25, -0.2) is 0 Å². The minimum Gasteiger partial charge on any atom is -0.379 e. The first-order chi connectivity index (χ1) is 7.42. The molecule has 2 amide bonds. The molecule has 0 aromatic heterocycles. The summed E-state index contributed by atoms with van der Waals surface area (Å²) in [4.78, 5) is 22.0. The number of primary amides is 1. The van der Waals surface area contributed by atoms with Crippen LogP contribution in [0.2, 0.25) is 0 Å². The zero-order valence-electron chi connectivity index (χ0n) is 10.4. The van der Waals surface area contributed by atoms with Crippen molar-refractivity contribution in [3.63, 3.8) is 0 Å². The maximum atomic E-state index is 11.1. The van der Waals surface area contributed by atoms with Gasteiger partial charge in [-0.2, -0.15) is 0 Å². The highest BCUT2D eigenvalue weighted by molar-refractivity contribution is 5.75. The van der Waals surface area contributed by atoms with Crippen molar-refractivity contribution >= 4 is 11.8 Å². The Morgan fingerprint density at radius 2 is 2.00 bits per heavy atom. The number of rotatable bonds is 7. The van der Waals surface area contributed by atoms with Gasteiger partial charge in [0.15, 0.2) is 0 Å². The molecule has 5 nitrogen and oxygen atoms in total. The van der Waals surface area contributed by atoms with Crippen LogP contribution in [0, 0.1) is 5.92 Å². The third kappa shape index (κ3) is 5.11. The lowest BCUT2D eigenvalue weighted by atomic mass is 9.92. The Kier molecular flexibility index (Phi) is 6.72. The molecule has 3 N–H and O–H groups in total. The van der Waals surface area contributed by atoms with Crippen LogP contribution in [0.1, 0.15) is 33.6 Å². The highest BCUT2D eigenvalue weighted by atomic mass is 16.5. The van der Waals surface area contributed by atoms with Gasteiger partial charge in [-0.3, -0.25) is 9.59 Å². The molecular weight excluding hydrogens is 208 g/mol. The number of hydrogen-bond acceptors (Lipinski definition) is 3. The summed E-state index contributed by atoms with van der Waals surface area (Å²) in [5.74, 6) is -0.324. The zero-order valence-corrected chi connectivity index (χ0v) is 10.4. The summed E-state index contributed by atoms with van der Waals surface area (Å²) in [6.07, 6.45) is 0.645. The average molecular weight is 230 g/mol. The SMILES string of the molecule is CC[C@H](C)C(NC(C)=O)[C@@H](CC(N)=O)OC. The van der Waals surface area contributed by atoms with Gasteiger partial charge in [0.1, 0.15) is 0 Å². The fourth-order valence-corrected chi connectivity index (χ4v) is 1.65. The topological polar surface area (TPSA) is 81.4 Å². The van der Waals surface area contributed by atoms with Crippen molar-refractivity contribution in [3.8, 4) is 0 Å². The Labute approximate surface area is 96.7 Å². The van der Waals surface area contributed by atoms with Crippen LogP contribution in [0.15, 0.2) is 0 Å². The number of methoxy groups -OCH3 is 1. The van der Waals surface area contributed by atoms with Crippen LogP contribution in [0.4, 0.5) is 0 Å². The van der Waals surface area contributed by atoms with Crippen LogP contribution in [-0.2, 0) is 14.3 Å². The molecule has 0 bridgehead atoms. The zero-order chi connectivity index (χ0) is 12.7. The van der Waals surface area contributed by atoms with Crippen molar-refractivity contribution < 1.29 is 14.3 Å². The number of carbonyl (C=O) groups excluding carboxylic acids is 2. The maximum Gasteiger partial charge on any atom is 0.220 e. The molecule has 94 valence electrons. The van der Waals surface area contributed by atoms with Crippen molar-refractivity contribution in [2.24, 2.45) is 11.7 Å². The molecule has 0 aliphatic carbocycles. The van der Waals surface area contributed by atoms with Crippen molar-refractivity contribution in [3.05, 3.63) is 0 Å². The molecule has 1 unspecified atom stereocenters. The Hall–Kier alpha value is -1.10.